The first-order valence-corrected chi connectivity index (χ1v) is 11.8. The molecule has 1 amide bonds. The third-order valence-electron chi connectivity index (χ3n) is 4.99. The van der Waals surface area contributed by atoms with Crippen LogP contribution in [0.25, 0.3) is 10.8 Å². The molecular formula is C26H29BrN2O3. The zero-order valence-corrected chi connectivity index (χ0v) is 20.2. The van der Waals surface area contributed by atoms with Gasteiger partial charge in [0.05, 0.1) is 23.9 Å². The largest absolute Gasteiger partial charge is 0.490 e. The summed E-state index contributed by atoms with van der Waals surface area (Å²) in [5, 5.41) is 6.06. The van der Waals surface area contributed by atoms with Crippen molar-refractivity contribution in [3.05, 3.63) is 70.2 Å². The molecular weight excluding hydrogens is 468 g/mol. The van der Waals surface area contributed by atoms with Gasteiger partial charge in [-0.25, -0.2) is 5.43 Å². The fourth-order valence-electron chi connectivity index (χ4n) is 3.42. The minimum Gasteiger partial charge on any atom is -0.490 e. The van der Waals surface area contributed by atoms with E-state index in [-0.39, 0.29) is 5.91 Å². The van der Waals surface area contributed by atoms with Gasteiger partial charge >= 0.3 is 0 Å². The third-order valence-corrected chi connectivity index (χ3v) is 5.58. The second-order valence-corrected chi connectivity index (χ2v) is 8.25. The first kappa shape index (κ1) is 23.8. The summed E-state index contributed by atoms with van der Waals surface area (Å²) in [6.07, 6.45) is 6.16. The fourth-order valence-corrected chi connectivity index (χ4v) is 3.99. The van der Waals surface area contributed by atoms with E-state index in [4.69, 9.17) is 9.47 Å². The van der Waals surface area contributed by atoms with E-state index in [0.717, 1.165) is 33.7 Å². The topological polar surface area (TPSA) is 59.9 Å². The molecule has 1 N–H and O–H groups in total. The van der Waals surface area contributed by atoms with Gasteiger partial charge in [0.1, 0.15) is 0 Å². The normalized spacial score (nSPS) is 11.1. The van der Waals surface area contributed by atoms with E-state index >= 15 is 0 Å². The number of nitrogens with zero attached hydrogens (tertiary/aromatic N) is 1. The van der Waals surface area contributed by atoms with Crippen LogP contribution in [-0.4, -0.2) is 25.3 Å². The molecule has 168 valence electrons. The lowest BCUT2D eigenvalue weighted by Gasteiger charge is -2.14. The highest BCUT2D eigenvalue weighted by Gasteiger charge is 2.12. The lowest BCUT2D eigenvalue weighted by Crippen LogP contribution is -2.17. The van der Waals surface area contributed by atoms with E-state index in [1.54, 1.807) is 12.3 Å². The molecule has 3 aromatic rings. The Morgan fingerprint density at radius 1 is 1.03 bits per heavy atom. The number of carbonyl (C=O) groups excluding carboxylic acids is 1. The molecule has 3 aromatic carbocycles. The van der Waals surface area contributed by atoms with Crippen LogP contribution < -0.4 is 14.9 Å². The van der Waals surface area contributed by atoms with Crippen molar-refractivity contribution in [2.75, 3.05) is 13.2 Å². The summed E-state index contributed by atoms with van der Waals surface area (Å²) in [4.78, 5) is 12.7. The standard InChI is InChI=1S/C26H29BrN2O3/c1-3-5-6-9-15-32-25-23(27)16-19(17-24(25)31-4-2)18-28-29-26(30)22-14-10-12-20-11-7-8-13-21(20)22/h7-8,10-14,16-18H,3-6,9,15H2,1-2H3,(H,29,30)/b28-18+. The SMILES string of the molecule is CCCCCCOc1c(Br)cc(/C=N/NC(=O)c2cccc3ccccc23)cc1OCC. The van der Waals surface area contributed by atoms with Gasteiger partial charge in [-0.3, -0.25) is 4.79 Å². The number of nitrogens with one attached hydrogen (secondary N) is 1. The second-order valence-electron chi connectivity index (χ2n) is 7.40. The van der Waals surface area contributed by atoms with Crippen LogP contribution in [0.3, 0.4) is 0 Å². The van der Waals surface area contributed by atoms with E-state index in [0.29, 0.717) is 30.3 Å². The molecule has 0 aliphatic rings. The number of carbonyl (C=O) groups is 1. The van der Waals surface area contributed by atoms with Crippen molar-refractivity contribution in [2.24, 2.45) is 5.10 Å². The maximum absolute atomic E-state index is 12.7. The van der Waals surface area contributed by atoms with Gasteiger partial charge in [-0.2, -0.15) is 5.10 Å². The number of unbranched alkanes of at least 4 members (excludes halogenated alkanes) is 3. The van der Waals surface area contributed by atoms with Crippen molar-refractivity contribution in [2.45, 2.75) is 39.5 Å². The number of hydrogen-bond acceptors (Lipinski definition) is 4. The Morgan fingerprint density at radius 3 is 2.66 bits per heavy atom. The van der Waals surface area contributed by atoms with Crippen LogP contribution in [0.2, 0.25) is 0 Å². The Bertz CT molecular complexity index is 1080. The van der Waals surface area contributed by atoms with Gasteiger partial charge in [0.2, 0.25) is 0 Å². The molecule has 0 unspecified atom stereocenters. The van der Waals surface area contributed by atoms with E-state index in [2.05, 4.69) is 33.4 Å². The van der Waals surface area contributed by atoms with Gasteiger partial charge in [0, 0.05) is 5.56 Å². The molecule has 0 aliphatic heterocycles. The predicted molar refractivity (Wildman–Crippen MR) is 134 cm³/mol. The highest BCUT2D eigenvalue weighted by molar-refractivity contribution is 9.10. The summed E-state index contributed by atoms with van der Waals surface area (Å²) in [5.74, 6) is 1.09. The number of hydrazone groups is 1. The van der Waals surface area contributed by atoms with E-state index < -0.39 is 0 Å². The molecule has 0 saturated heterocycles. The van der Waals surface area contributed by atoms with Crippen LogP contribution in [0, 0.1) is 0 Å². The van der Waals surface area contributed by atoms with Crippen molar-refractivity contribution in [3.63, 3.8) is 0 Å². The monoisotopic (exact) mass is 496 g/mol. The summed E-state index contributed by atoms with van der Waals surface area (Å²) in [5.41, 5.74) is 4.00. The minimum atomic E-state index is -0.255. The Labute approximate surface area is 197 Å². The fraction of sp³-hybridized carbons (Fsp3) is 0.308. The van der Waals surface area contributed by atoms with Crippen molar-refractivity contribution in [1.29, 1.82) is 0 Å². The average Bonchev–Trinajstić information content (AvgIpc) is 2.80. The number of rotatable bonds is 11. The Kier molecular flexibility index (Phi) is 9.11. The van der Waals surface area contributed by atoms with Crippen LogP contribution in [0.15, 0.2) is 64.2 Å². The molecule has 0 spiro atoms. The average molecular weight is 497 g/mol. The quantitative estimate of drug-likeness (QED) is 0.182. The highest BCUT2D eigenvalue weighted by atomic mass is 79.9. The number of halogens is 1. The lowest BCUT2D eigenvalue weighted by molar-refractivity contribution is 0.0957. The van der Waals surface area contributed by atoms with Gasteiger partial charge in [0.15, 0.2) is 11.5 Å². The zero-order valence-electron chi connectivity index (χ0n) is 18.6. The zero-order chi connectivity index (χ0) is 22.8. The maximum Gasteiger partial charge on any atom is 0.271 e. The van der Waals surface area contributed by atoms with E-state index in [9.17, 15) is 4.79 Å². The summed E-state index contributed by atoms with van der Waals surface area (Å²) >= 11 is 3.58. The van der Waals surface area contributed by atoms with Gasteiger partial charge < -0.3 is 9.47 Å². The van der Waals surface area contributed by atoms with Crippen molar-refractivity contribution >= 4 is 38.8 Å². The Morgan fingerprint density at radius 2 is 1.84 bits per heavy atom. The van der Waals surface area contributed by atoms with E-state index in [1.807, 2.05) is 55.5 Å². The van der Waals surface area contributed by atoms with E-state index in [1.165, 1.54) is 12.8 Å². The molecule has 0 bridgehead atoms. The number of fused-ring (bicyclic) bond motifs is 1. The van der Waals surface area contributed by atoms with Crippen LogP contribution in [-0.2, 0) is 0 Å². The number of amides is 1. The molecule has 0 fully saturated rings. The summed E-state index contributed by atoms with van der Waals surface area (Å²) in [6, 6.07) is 17.2. The predicted octanol–water partition coefficient (Wildman–Crippen LogP) is 6.72. The first-order chi connectivity index (χ1) is 15.6. The molecule has 0 aliphatic carbocycles. The molecule has 0 heterocycles. The van der Waals surface area contributed by atoms with Gasteiger partial charge in [-0.1, -0.05) is 62.6 Å². The number of benzene rings is 3. The third kappa shape index (κ3) is 6.33. The molecule has 0 saturated carbocycles. The lowest BCUT2D eigenvalue weighted by atomic mass is 10.0. The molecule has 6 heteroatoms. The molecule has 32 heavy (non-hydrogen) atoms. The smallest absolute Gasteiger partial charge is 0.271 e. The van der Waals surface area contributed by atoms with Crippen LogP contribution in [0.5, 0.6) is 11.5 Å². The van der Waals surface area contributed by atoms with Crippen LogP contribution in [0.4, 0.5) is 0 Å². The summed E-state index contributed by atoms with van der Waals surface area (Å²) in [7, 11) is 0. The maximum atomic E-state index is 12.7. The number of ether oxygens (including phenoxy) is 2. The van der Waals surface area contributed by atoms with Gasteiger partial charge in [-0.05, 0) is 63.8 Å². The van der Waals surface area contributed by atoms with Crippen molar-refractivity contribution < 1.29 is 14.3 Å². The molecule has 0 atom stereocenters. The van der Waals surface area contributed by atoms with Crippen LogP contribution >= 0.6 is 15.9 Å². The van der Waals surface area contributed by atoms with Crippen molar-refractivity contribution in [3.8, 4) is 11.5 Å². The Balaban J connectivity index is 1.70. The number of hydrogen-bond donors (Lipinski definition) is 1. The summed E-state index contributed by atoms with van der Waals surface area (Å²) in [6.45, 7) is 5.30. The second kappa shape index (κ2) is 12.2. The highest BCUT2D eigenvalue weighted by Crippen LogP contribution is 2.36. The molecule has 3 rings (SSSR count). The first-order valence-electron chi connectivity index (χ1n) is 11.0. The molecule has 0 aromatic heterocycles. The minimum absolute atomic E-state index is 0.255. The van der Waals surface area contributed by atoms with Crippen molar-refractivity contribution in [1.82, 2.24) is 5.43 Å². The molecule has 5 nitrogen and oxygen atoms in total. The van der Waals surface area contributed by atoms with Crippen LogP contribution in [0.1, 0.15) is 55.5 Å². The summed E-state index contributed by atoms with van der Waals surface area (Å²) < 4.78 is 12.5. The van der Waals surface area contributed by atoms with Gasteiger partial charge in [0.25, 0.3) is 5.91 Å². The Hall–Kier alpha value is -2.86. The molecule has 0 radical (unpaired) electrons. The van der Waals surface area contributed by atoms with Gasteiger partial charge in [-0.15, -0.1) is 0 Å².